The normalized spacial score (nSPS) is 21.1. The number of halogens is 1. The number of nitrogens with one attached hydrogen (secondary N) is 1. The summed E-state index contributed by atoms with van der Waals surface area (Å²) in [6.45, 7) is 4.93. The van der Waals surface area contributed by atoms with Gasteiger partial charge in [0, 0.05) is 12.5 Å². The van der Waals surface area contributed by atoms with Crippen molar-refractivity contribution in [3.63, 3.8) is 0 Å². The second kappa shape index (κ2) is 6.55. The van der Waals surface area contributed by atoms with E-state index in [-0.39, 0.29) is 17.4 Å². The minimum Gasteiger partial charge on any atom is -0.369 e. The molecule has 0 aliphatic carbocycles. The Morgan fingerprint density at radius 1 is 1.35 bits per heavy atom. The van der Waals surface area contributed by atoms with Crippen LogP contribution in [-0.2, 0) is 16.3 Å². The zero-order valence-corrected chi connectivity index (χ0v) is 14.8. The maximum absolute atomic E-state index is 11.6. The van der Waals surface area contributed by atoms with Gasteiger partial charge in [-0.1, -0.05) is 13.3 Å². The number of aromatic nitrogens is 2. The van der Waals surface area contributed by atoms with E-state index in [9.17, 15) is 8.42 Å². The summed E-state index contributed by atoms with van der Waals surface area (Å²) in [5.41, 5.74) is 1.03. The summed E-state index contributed by atoms with van der Waals surface area (Å²) in [5, 5.41) is 3.25. The minimum absolute atomic E-state index is 0.0509. The van der Waals surface area contributed by atoms with Crippen molar-refractivity contribution in [2.24, 2.45) is 0 Å². The molecule has 0 aromatic carbocycles. The predicted octanol–water partition coefficient (Wildman–Crippen LogP) is 2.37. The van der Waals surface area contributed by atoms with Gasteiger partial charge in [0.1, 0.15) is 11.6 Å². The molecule has 0 radical (unpaired) electrons. The zero-order chi connectivity index (χ0) is 14.8. The van der Waals surface area contributed by atoms with Crippen LogP contribution in [-0.4, -0.2) is 36.4 Å². The van der Waals surface area contributed by atoms with Gasteiger partial charge in [-0.2, -0.15) is 0 Å². The quantitative estimate of drug-likeness (QED) is 0.757. The lowest BCUT2D eigenvalue weighted by Gasteiger charge is -2.14. The van der Waals surface area contributed by atoms with Gasteiger partial charge in [-0.3, -0.25) is 0 Å². The van der Waals surface area contributed by atoms with Crippen molar-refractivity contribution in [2.45, 2.75) is 39.0 Å². The molecule has 1 atom stereocenters. The van der Waals surface area contributed by atoms with Crippen LogP contribution < -0.4 is 5.32 Å². The third-order valence-electron chi connectivity index (χ3n) is 3.37. The predicted molar refractivity (Wildman–Crippen MR) is 88.9 cm³/mol. The van der Waals surface area contributed by atoms with Crippen molar-refractivity contribution in [1.82, 2.24) is 9.97 Å². The van der Waals surface area contributed by atoms with E-state index in [1.54, 1.807) is 0 Å². The highest BCUT2D eigenvalue weighted by atomic mass is 127. The molecule has 1 aliphatic heterocycles. The van der Waals surface area contributed by atoms with E-state index < -0.39 is 9.84 Å². The summed E-state index contributed by atoms with van der Waals surface area (Å²) in [5.74, 6) is 1.92. The molecule has 5 nitrogen and oxygen atoms in total. The molecule has 1 aliphatic rings. The molecule has 0 saturated carbocycles. The Bertz CT molecular complexity index is 562. The van der Waals surface area contributed by atoms with Crippen molar-refractivity contribution in [3.8, 4) is 0 Å². The van der Waals surface area contributed by atoms with Crippen LogP contribution in [0.25, 0.3) is 0 Å². The summed E-state index contributed by atoms with van der Waals surface area (Å²) in [6.07, 6.45) is 2.55. The van der Waals surface area contributed by atoms with Gasteiger partial charge in [0.25, 0.3) is 0 Å². The molecule has 0 bridgehead atoms. The number of nitrogens with zero attached hydrogens (tertiary/aromatic N) is 2. The molecule has 1 saturated heterocycles. The maximum atomic E-state index is 11.6. The molecule has 7 heteroatoms. The maximum Gasteiger partial charge on any atom is 0.151 e. The fourth-order valence-electron chi connectivity index (χ4n) is 2.38. The average molecular weight is 409 g/mol. The van der Waals surface area contributed by atoms with Crippen LogP contribution in [0.2, 0.25) is 0 Å². The first-order valence-corrected chi connectivity index (χ1v) is 9.87. The highest BCUT2D eigenvalue weighted by Gasteiger charge is 2.31. The van der Waals surface area contributed by atoms with Crippen molar-refractivity contribution < 1.29 is 8.42 Å². The van der Waals surface area contributed by atoms with E-state index in [1.807, 2.05) is 6.92 Å². The average Bonchev–Trinajstić information content (AvgIpc) is 2.75. The first kappa shape index (κ1) is 15.9. The first-order chi connectivity index (χ1) is 9.46. The van der Waals surface area contributed by atoms with Crippen molar-refractivity contribution in [3.05, 3.63) is 15.1 Å². The summed E-state index contributed by atoms with van der Waals surface area (Å²) in [7, 11) is -2.91. The zero-order valence-electron chi connectivity index (χ0n) is 11.8. The second-order valence-electron chi connectivity index (χ2n) is 5.07. The van der Waals surface area contributed by atoms with Gasteiger partial charge < -0.3 is 5.32 Å². The highest BCUT2D eigenvalue weighted by molar-refractivity contribution is 14.1. The minimum atomic E-state index is -2.91. The molecule has 0 spiro atoms. The molecule has 20 heavy (non-hydrogen) atoms. The molecular weight excluding hydrogens is 389 g/mol. The third-order valence-corrected chi connectivity index (χ3v) is 6.27. The van der Waals surface area contributed by atoms with Crippen LogP contribution in [0.3, 0.4) is 0 Å². The van der Waals surface area contributed by atoms with Crippen molar-refractivity contribution in [1.29, 1.82) is 0 Å². The second-order valence-corrected chi connectivity index (χ2v) is 8.38. The van der Waals surface area contributed by atoms with Crippen LogP contribution in [0.4, 0.5) is 5.82 Å². The first-order valence-electron chi connectivity index (χ1n) is 6.97. The molecular formula is C13H20IN3O2S. The van der Waals surface area contributed by atoms with Crippen LogP contribution in [0.1, 0.15) is 44.1 Å². The van der Waals surface area contributed by atoms with Gasteiger partial charge in [0.2, 0.25) is 0 Å². The van der Waals surface area contributed by atoms with Crippen LogP contribution in [0.5, 0.6) is 0 Å². The molecule has 112 valence electrons. The molecule has 1 unspecified atom stereocenters. The molecule has 2 heterocycles. The Morgan fingerprint density at radius 2 is 2.10 bits per heavy atom. The van der Waals surface area contributed by atoms with Crippen LogP contribution >= 0.6 is 22.6 Å². The summed E-state index contributed by atoms with van der Waals surface area (Å²) in [4.78, 5) is 9.19. The molecule has 0 amide bonds. The molecule has 1 aromatic heterocycles. The summed E-state index contributed by atoms with van der Waals surface area (Å²) in [6, 6.07) is 0. The lowest BCUT2D eigenvalue weighted by atomic mass is 10.1. The standard InChI is InChI=1S/C13H20IN3O2S/c1-3-5-10-11(14)13(15-4-2)17-12(16-10)9-6-7-20(18,19)8-9/h9H,3-8H2,1-2H3,(H,15,16,17). The van der Waals surface area contributed by atoms with E-state index in [0.29, 0.717) is 12.2 Å². The van der Waals surface area contributed by atoms with E-state index in [2.05, 4.69) is 44.8 Å². The van der Waals surface area contributed by atoms with Crippen molar-refractivity contribution >= 4 is 38.2 Å². The Labute approximate surface area is 134 Å². The Hall–Kier alpha value is -0.440. The molecule has 1 N–H and O–H groups in total. The smallest absolute Gasteiger partial charge is 0.151 e. The Balaban J connectivity index is 2.37. The Kier molecular flexibility index (Phi) is 5.22. The van der Waals surface area contributed by atoms with Gasteiger partial charge in [0.15, 0.2) is 9.84 Å². The Morgan fingerprint density at radius 3 is 2.65 bits per heavy atom. The summed E-state index contributed by atoms with van der Waals surface area (Å²) < 4.78 is 24.3. The topological polar surface area (TPSA) is 72.0 Å². The van der Waals surface area contributed by atoms with Gasteiger partial charge in [-0.25, -0.2) is 18.4 Å². The van der Waals surface area contributed by atoms with E-state index in [1.165, 1.54) is 0 Å². The molecule has 1 fully saturated rings. The SMILES string of the molecule is CCCc1nc(C2CCS(=O)(=O)C2)nc(NCC)c1I. The van der Waals surface area contributed by atoms with Gasteiger partial charge in [-0.05, 0) is 42.4 Å². The monoisotopic (exact) mass is 409 g/mol. The molecule has 1 aromatic rings. The van der Waals surface area contributed by atoms with Gasteiger partial charge >= 0.3 is 0 Å². The number of sulfone groups is 1. The van der Waals surface area contributed by atoms with E-state index in [0.717, 1.165) is 34.5 Å². The number of anilines is 1. The third kappa shape index (κ3) is 3.60. The number of rotatable bonds is 5. The summed E-state index contributed by atoms with van der Waals surface area (Å²) >= 11 is 2.27. The largest absolute Gasteiger partial charge is 0.369 e. The van der Waals surface area contributed by atoms with Gasteiger partial charge in [-0.15, -0.1) is 0 Å². The lowest BCUT2D eigenvalue weighted by Crippen LogP contribution is -2.13. The van der Waals surface area contributed by atoms with Crippen LogP contribution in [0, 0.1) is 3.57 Å². The fourth-order valence-corrected chi connectivity index (χ4v) is 4.82. The number of hydrogen-bond acceptors (Lipinski definition) is 5. The van der Waals surface area contributed by atoms with Crippen LogP contribution in [0.15, 0.2) is 0 Å². The van der Waals surface area contributed by atoms with E-state index >= 15 is 0 Å². The number of hydrogen-bond donors (Lipinski definition) is 1. The molecule has 2 rings (SSSR count). The van der Waals surface area contributed by atoms with Gasteiger partial charge in [0.05, 0.1) is 20.8 Å². The van der Waals surface area contributed by atoms with Crippen molar-refractivity contribution in [2.75, 3.05) is 23.4 Å². The highest BCUT2D eigenvalue weighted by Crippen LogP contribution is 2.29. The lowest BCUT2D eigenvalue weighted by molar-refractivity contribution is 0.601. The fraction of sp³-hybridized carbons (Fsp3) is 0.692. The van der Waals surface area contributed by atoms with E-state index in [4.69, 9.17) is 0 Å². The number of aryl methyl sites for hydroxylation is 1.